The van der Waals surface area contributed by atoms with Crippen molar-refractivity contribution >= 4 is 40.0 Å². The summed E-state index contributed by atoms with van der Waals surface area (Å²) < 4.78 is 1.95. The number of nitrogens with one attached hydrogen (secondary N) is 1. The van der Waals surface area contributed by atoms with Gasteiger partial charge in [0.15, 0.2) is 0 Å². The van der Waals surface area contributed by atoms with Gasteiger partial charge in [-0.25, -0.2) is 4.68 Å². The molecule has 0 bridgehead atoms. The van der Waals surface area contributed by atoms with Crippen LogP contribution in [0.2, 0.25) is 0 Å². The van der Waals surface area contributed by atoms with E-state index in [2.05, 4.69) is 30.3 Å². The second kappa shape index (κ2) is 9.09. The predicted molar refractivity (Wildman–Crippen MR) is 109 cm³/mol. The maximum atomic E-state index is 12.6. The predicted octanol–water partition coefficient (Wildman–Crippen LogP) is 5.79. The molecule has 1 atom stereocenters. The van der Waals surface area contributed by atoms with Crippen molar-refractivity contribution in [1.29, 1.82) is 0 Å². The highest BCUT2D eigenvalue weighted by Gasteiger charge is 2.17. The van der Waals surface area contributed by atoms with Gasteiger partial charge in [-0.3, -0.25) is 4.79 Å². The standard InChI is InChI=1S/C20H29N3OS/c1-6-9-10-15(8-3)19(24)21-16-11-12-17-18(13-16)23(14(4)7-2)22-20(17)25-5/h7,11-13,15H,6,8-10H2,1-5H3,(H,21,24)/b14-7+. The molecule has 0 spiro atoms. The molecule has 0 aliphatic heterocycles. The Morgan fingerprint density at radius 2 is 2.16 bits per heavy atom. The molecule has 1 aromatic carbocycles. The molecule has 1 N–H and O–H groups in total. The zero-order valence-corrected chi connectivity index (χ0v) is 16.7. The summed E-state index contributed by atoms with van der Waals surface area (Å²) in [5.74, 6) is 0.203. The summed E-state index contributed by atoms with van der Waals surface area (Å²) in [6, 6.07) is 6.05. The molecule has 0 saturated carbocycles. The van der Waals surface area contributed by atoms with Crippen LogP contribution in [0.15, 0.2) is 29.3 Å². The Morgan fingerprint density at radius 1 is 1.40 bits per heavy atom. The van der Waals surface area contributed by atoms with E-state index in [1.807, 2.05) is 43.0 Å². The monoisotopic (exact) mass is 359 g/mol. The zero-order chi connectivity index (χ0) is 18.4. The summed E-state index contributed by atoms with van der Waals surface area (Å²) in [7, 11) is 0. The Kier molecular flexibility index (Phi) is 7.12. The van der Waals surface area contributed by atoms with Crippen LogP contribution in [0.3, 0.4) is 0 Å². The van der Waals surface area contributed by atoms with Gasteiger partial charge < -0.3 is 5.32 Å². The van der Waals surface area contributed by atoms with E-state index in [9.17, 15) is 4.79 Å². The minimum atomic E-state index is 0.0830. The van der Waals surface area contributed by atoms with Crippen molar-refractivity contribution in [2.24, 2.45) is 5.92 Å². The molecule has 25 heavy (non-hydrogen) atoms. The van der Waals surface area contributed by atoms with Crippen molar-refractivity contribution in [2.75, 3.05) is 11.6 Å². The van der Waals surface area contributed by atoms with E-state index in [1.54, 1.807) is 11.8 Å². The minimum absolute atomic E-state index is 0.0830. The lowest BCUT2D eigenvalue weighted by molar-refractivity contribution is -0.120. The van der Waals surface area contributed by atoms with E-state index in [0.717, 1.165) is 53.0 Å². The van der Waals surface area contributed by atoms with Crippen LogP contribution < -0.4 is 5.32 Å². The van der Waals surface area contributed by atoms with Crippen LogP contribution in [0, 0.1) is 5.92 Å². The number of benzene rings is 1. The molecule has 0 aliphatic carbocycles. The minimum Gasteiger partial charge on any atom is -0.326 e. The van der Waals surface area contributed by atoms with Crippen LogP contribution in [0.5, 0.6) is 0 Å². The number of thioether (sulfide) groups is 1. The number of nitrogens with zero attached hydrogens (tertiary/aromatic N) is 2. The quantitative estimate of drug-likeness (QED) is 0.606. The molecule has 0 radical (unpaired) electrons. The van der Waals surface area contributed by atoms with Crippen LogP contribution in [0.1, 0.15) is 53.4 Å². The van der Waals surface area contributed by atoms with Gasteiger partial charge >= 0.3 is 0 Å². The fourth-order valence-electron chi connectivity index (χ4n) is 2.92. The Morgan fingerprint density at radius 3 is 2.76 bits per heavy atom. The maximum absolute atomic E-state index is 12.6. The summed E-state index contributed by atoms with van der Waals surface area (Å²) in [5, 5.41) is 9.91. The number of anilines is 1. The first-order valence-corrected chi connectivity index (χ1v) is 10.3. The summed E-state index contributed by atoms with van der Waals surface area (Å²) in [6.07, 6.45) is 8.12. The van der Waals surface area contributed by atoms with Gasteiger partial charge in [0, 0.05) is 22.7 Å². The van der Waals surface area contributed by atoms with Gasteiger partial charge in [-0.05, 0) is 51.1 Å². The number of aromatic nitrogens is 2. The van der Waals surface area contributed by atoms with Gasteiger partial charge in [0.2, 0.25) is 5.91 Å². The average Bonchev–Trinajstić information content (AvgIpc) is 2.99. The van der Waals surface area contributed by atoms with E-state index >= 15 is 0 Å². The number of carbonyl (C=O) groups is 1. The number of hydrogen-bond acceptors (Lipinski definition) is 3. The molecular weight excluding hydrogens is 330 g/mol. The van der Waals surface area contributed by atoms with E-state index in [0.29, 0.717) is 0 Å². The summed E-state index contributed by atoms with van der Waals surface area (Å²) in [6.45, 7) is 8.29. The van der Waals surface area contributed by atoms with Gasteiger partial charge in [0.05, 0.1) is 5.52 Å². The molecule has 4 nitrogen and oxygen atoms in total. The van der Waals surface area contributed by atoms with E-state index in [1.165, 1.54) is 0 Å². The van der Waals surface area contributed by atoms with Crippen molar-refractivity contribution in [3.63, 3.8) is 0 Å². The Hall–Kier alpha value is -1.75. The summed E-state index contributed by atoms with van der Waals surface area (Å²) in [5.41, 5.74) is 2.94. The molecule has 0 aliphatic rings. The first-order valence-electron chi connectivity index (χ1n) is 9.06. The molecule has 0 fully saturated rings. The highest BCUT2D eigenvalue weighted by atomic mass is 32.2. The molecule has 2 rings (SSSR count). The third-order valence-electron chi connectivity index (χ3n) is 4.63. The van der Waals surface area contributed by atoms with Gasteiger partial charge in [-0.2, -0.15) is 5.10 Å². The molecule has 1 unspecified atom stereocenters. The van der Waals surface area contributed by atoms with E-state index in [-0.39, 0.29) is 11.8 Å². The molecule has 5 heteroatoms. The SMILES string of the molecule is C/C=C(\C)n1nc(SC)c2ccc(NC(=O)C(CC)CCCC)cc21. The number of rotatable bonds is 8. The molecule has 2 aromatic rings. The molecule has 1 heterocycles. The van der Waals surface area contributed by atoms with Crippen LogP contribution in [-0.2, 0) is 4.79 Å². The normalized spacial score (nSPS) is 13.2. The van der Waals surface area contributed by atoms with E-state index in [4.69, 9.17) is 0 Å². The lowest BCUT2D eigenvalue weighted by Crippen LogP contribution is -2.22. The Labute approximate surface area is 155 Å². The summed E-state index contributed by atoms with van der Waals surface area (Å²) >= 11 is 1.64. The largest absolute Gasteiger partial charge is 0.326 e. The van der Waals surface area contributed by atoms with Crippen LogP contribution in [0.4, 0.5) is 5.69 Å². The highest BCUT2D eigenvalue weighted by Crippen LogP contribution is 2.30. The topological polar surface area (TPSA) is 46.9 Å². The smallest absolute Gasteiger partial charge is 0.227 e. The van der Waals surface area contributed by atoms with Gasteiger partial charge in [-0.15, -0.1) is 11.8 Å². The van der Waals surface area contributed by atoms with Gasteiger partial charge in [0.1, 0.15) is 5.03 Å². The molecular formula is C20H29N3OS. The van der Waals surface area contributed by atoms with Gasteiger partial charge in [-0.1, -0.05) is 32.8 Å². The number of fused-ring (bicyclic) bond motifs is 1. The van der Waals surface area contributed by atoms with Gasteiger partial charge in [0.25, 0.3) is 0 Å². The second-order valence-corrected chi connectivity index (χ2v) is 7.11. The Bertz CT molecular complexity index is 764. The third kappa shape index (κ3) is 4.46. The van der Waals surface area contributed by atoms with Crippen molar-refractivity contribution < 1.29 is 4.79 Å². The lowest BCUT2D eigenvalue weighted by Gasteiger charge is -2.15. The molecule has 136 valence electrons. The Balaban J connectivity index is 2.32. The zero-order valence-electron chi connectivity index (χ0n) is 15.9. The van der Waals surface area contributed by atoms with Crippen molar-refractivity contribution in [1.82, 2.24) is 9.78 Å². The van der Waals surface area contributed by atoms with E-state index < -0.39 is 0 Å². The van der Waals surface area contributed by atoms with Crippen LogP contribution in [-0.4, -0.2) is 21.9 Å². The fraction of sp³-hybridized carbons (Fsp3) is 0.500. The first-order chi connectivity index (χ1) is 12.0. The number of amides is 1. The molecule has 0 saturated heterocycles. The van der Waals surface area contributed by atoms with Crippen LogP contribution in [0.25, 0.3) is 16.6 Å². The number of carbonyl (C=O) groups excluding carboxylic acids is 1. The highest BCUT2D eigenvalue weighted by molar-refractivity contribution is 7.98. The van der Waals surface area contributed by atoms with Crippen molar-refractivity contribution in [3.8, 4) is 0 Å². The van der Waals surface area contributed by atoms with Crippen molar-refractivity contribution in [2.45, 2.75) is 58.4 Å². The first kappa shape index (κ1) is 19.6. The average molecular weight is 360 g/mol. The third-order valence-corrected chi connectivity index (χ3v) is 5.32. The maximum Gasteiger partial charge on any atom is 0.227 e. The second-order valence-electron chi connectivity index (χ2n) is 6.32. The molecule has 1 aromatic heterocycles. The number of allylic oxidation sites excluding steroid dienone is 2. The van der Waals surface area contributed by atoms with Crippen molar-refractivity contribution in [3.05, 3.63) is 24.3 Å². The molecule has 1 amide bonds. The summed E-state index contributed by atoms with van der Waals surface area (Å²) in [4.78, 5) is 12.6. The number of hydrogen-bond donors (Lipinski definition) is 1. The number of unbranched alkanes of at least 4 members (excludes halogenated alkanes) is 1. The van der Waals surface area contributed by atoms with Crippen LogP contribution >= 0.6 is 11.8 Å². The lowest BCUT2D eigenvalue weighted by atomic mass is 9.98. The fourth-order valence-corrected chi connectivity index (χ4v) is 3.48.